The third kappa shape index (κ3) is 6.36. The smallest absolute Gasteiger partial charge is 0.226 e. The average Bonchev–Trinajstić information content (AvgIpc) is 2.99. The standard InChI is InChI=1S/C17H22ClN5OS/c1-11-4-5-14(13(18)8-11)23-15(24)6-7-20-17(19-3)22-10-16-21-9-12(2)25-16/h4-5,8-9H,6-7,10H2,1-3H3,(H,23,24)(H2,19,20,22). The molecule has 1 aromatic carbocycles. The van der Waals surface area contributed by atoms with E-state index in [4.69, 9.17) is 11.6 Å². The predicted octanol–water partition coefficient (Wildman–Crippen LogP) is 3.11. The fraction of sp³-hybridized carbons (Fsp3) is 0.353. The Labute approximate surface area is 156 Å². The van der Waals surface area contributed by atoms with Gasteiger partial charge in [-0.3, -0.25) is 9.79 Å². The van der Waals surface area contributed by atoms with Gasteiger partial charge < -0.3 is 16.0 Å². The number of anilines is 1. The van der Waals surface area contributed by atoms with E-state index in [9.17, 15) is 4.79 Å². The molecule has 8 heteroatoms. The van der Waals surface area contributed by atoms with Crippen molar-refractivity contribution >= 4 is 40.5 Å². The molecule has 0 atom stereocenters. The molecule has 0 saturated heterocycles. The first kappa shape index (κ1) is 19.2. The quantitative estimate of drug-likeness (QED) is 0.532. The van der Waals surface area contributed by atoms with Crippen molar-refractivity contribution in [3.8, 4) is 0 Å². The number of benzene rings is 1. The highest BCUT2D eigenvalue weighted by molar-refractivity contribution is 7.11. The van der Waals surface area contributed by atoms with Crippen molar-refractivity contribution in [2.45, 2.75) is 26.8 Å². The van der Waals surface area contributed by atoms with Crippen LogP contribution >= 0.6 is 22.9 Å². The summed E-state index contributed by atoms with van der Waals surface area (Å²) in [6, 6.07) is 5.53. The lowest BCUT2D eigenvalue weighted by Gasteiger charge is -2.11. The fourth-order valence-electron chi connectivity index (χ4n) is 2.09. The van der Waals surface area contributed by atoms with Crippen LogP contribution in [0.1, 0.15) is 21.9 Å². The van der Waals surface area contributed by atoms with Crippen LogP contribution in [0.5, 0.6) is 0 Å². The number of thiazole rings is 1. The number of nitrogens with zero attached hydrogens (tertiary/aromatic N) is 2. The van der Waals surface area contributed by atoms with E-state index in [1.54, 1.807) is 24.5 Å². The maximum absolute atomic E-state index is 12.0. The van der Waals surface area contributed by atoms with Gasteiger partial charge in [0.2, 0.25) is 5.91 Å². The number of aromatic nitrogens is 1. The molecule has 3 N–H and O–H groups in total. The molecule has 134 valence electrons. The number of carbonyl (C=O) groups is 1. The summed E-state index contributed by atoms with van der Waals surface area (Å²) in [5.41, 5.74) is 1.67. The molecule has 0 radical (unpaired) electrons. The summed E-state index contributed by atoms with van der Waals surface area (Å²) in [6.45, 7) is 5.04. The topological polar surface area (TPSA) is 78.4 Å². The molecular weight excluding hydrogens is 358 g/mol. The molecule has 25 heavy (non-hydrogen) atoms. The first-order valence-corrected chi connectivity index (χ1v) is 9.09. The largest absolute Gasteiger partial charge is 0.356 e. The van der Waals surface area contributed by atoms with Gasteiger partial charge in [-0.25, -0.2) is 4.98 Å². The van der Waals surface area contributed by atoms with Crippen LogP contribution in [0.2, 0.25) is 5.02 Å². The van der Waals surface area contributed by atoms with Gasteiger partial charge in [0.05, 0.1) is 17.3 Å². The van der Waals surface area contributed by atoms with Crippen LogP contribution in [-0.2, 0) is 11.3 Å². The van der Waals surface area contributed by atoms with Gasteiger partial charge in [-0.15, -0.1) is 11.3 Å². The fourth-order valence-corrected chi connectivity index (χ4v) is 3.10. The Morgan fingerprint density at radius 2 is 2.12 bits per heavy atom. The van der Waals surface area contributed by atoms with Gasteiger partial charge in [-0.05, 0) is 31.5 Å². The monoisotopic (exact) mass is 379 g/mol. The average molecular weight is 380 g/mol. The van der Waals surface area contributed by atoms with Crippen molar-refractivity contribution in [2.75, 3.05) is 18.9 Å². The molecule has 0 aliphatic heterocycles. The maximum atomic E-state index is 12.0. The zero-order valence-electron chi connectivity index (χ0n) is 14.5. The number of amides is 1. The molecule has 2 aromatic rings. The number of aliphatic imine (C=N–C) groups is 1. The summed E-state index contributed by atoms with van der Waals surface area (Å²) in [7, 11) is 1.69. The third-order valence-corrected chi connectivity index (χ3v) is 4.57. The van der Waals surface area contributed by atoms with Crippen LogP contribution in [0.15, 0.2) is 29.4 Å². The molecule has 0 unspecified atom stereocenters. The number of guanidine groups is 1. The van der Waals surface area contributed by atoms with Crippen LogP contribution in [0.25, 0.3) is 0 Å². The van der Waals surface area contributed by atoms with Crippen molar-refractivity contribution < 1.29 is 4.79 Å². The number of nitrogens with one attached hydrogen (secondary N) is 3. The molecule has 0 fully saturated rings. The second-order valence-corrected chi connectivity index (χ2v) is 7.23. The maximum Gasteiger partial charge on any atom is 0.226 e. The van der Waals surface area contributed by atoms with E-state index in [0.717, 1.165) is 10.6 Å². The van der Waals surface area contributed by atoms with E-state index in [-0.39, 0.29) is 5.91 Å². The molecule has 0 aliphatic rings. The highest BCUT2D eigenvalue weighted by Crippen LogP contribution is 2.22. The van der Waals surface area contributed by atoms with Crippen LogP contribution in [0.3, 0.4) is 0 Å². The summed E-state index contributed by atoms with van der Waals surface area (Å²) in [5, 5.41) is 10.6. The van der Waals surface area contributed by atoms with Crippen molar-refractivity contribution in [1.82, 2.24) is 15.6 Å². The highest BCUT2D eigenvalue weighted by atomic mass is 35.5. The van der Waals surface area contributed by atoms with E-state index in [2.05, 4.69) is 25.9 Å². The van der Waals surface area contributed by atoms with Crippen LogP contribution < -0.4 is 16.0 Å². The molecule has 2 rings (SSSR count). The minimum Gasteiger partial charge on any atom is -0.356 e. The number of rotatable bonds is 6. The zero-order chi connectivity index (χ0) is 18.2. The van der Waals surface area contributed by atoms with E-state index in [1.165, 1.54) is 4.88 Å². The molecule has 1 heterocycles. The molecule has 6 nitrogen and oxygen atoms in total. The molecule has 1 amide bonds. The van der Waals surface area contributed by atoms with Gasteiger partial charge in [0.1, 0.15) is 5.01 Å². The Morgan fingerprint density at radius 1 is 1.32 bits per heavy atom. The van der Waals surface area contributed by atoms with Gasteiger partial charge in [-0.2, -0.15) is 0 Å². The number of aryl methyl sites for hydroxylation is 2. The second kappa shape index (κ2) is 9.39. The van der Waals surface area contributed by atoms with Crippen molar-refractivity contribution in [3.63, 3.8) is 0 Å². The molecular formula is C17H22ClN5OS. The summed E-state index contributed by atoms with van der Waals surface area (Å²) >= 11 is 7.76. The second-order valence-electron chi connectivity index (χ2n) is 5.50. The molecule has 0 aliphatic carbocycles. The van der Waals surface area contributed by atoms with Gasteiger partial charge in [-0.1, -0.05) is 17.7 Å². The Balaban J connectivity index is 1.73. The minimum atomic E-state index is -0.107. The lowest BCUT2D eigenvalue weighted by Crippen LogP contribution is -2.38. The molecule has 0 saturated carbocycles. The number of carbonyl (C=O) groups excluding carboxylic acids is 1. The first-order valence-electron chi connectivity index (χ1n) is 7.89. The lowest BCUT2D eigenvalue weighted by atomic mass is 10.2. The van der Waals surface area contributed by atoms with Crippen LogP contribution in [0.4, 0.5) is 5.69 Å². The van der Waals surface area contributed by atoms with Crippen LogP contribution in [-0.4, -0.2) is 30.4 Å². The number of halogens is 1. The summed E-state index contributed by atoms with van der Waals surface area (Å²) in [4.78, 5) is 21.6. The summed E-state index contributed by atoms with van der Waals surface area (Å²) in [6.07, 6.45) is 2.15. The van der Waals surface area contributed by atoms with Gasteiger partial charge in [0, 0.05) is 31.1 Å². The number of hydrogen-bond acceptors (Lipinski definition) is 4. The summed E-state index contributed by atoms with van der Waals surface area (Å²) in [5.74, 6) is 0.526. The minimum absolute atomic E-state index is 0.107. The molecule has 1 aromatic heterocycles. The van der Waals surface area contributed by atoms with E-state index >= 15 is 0 Å². The Kier molecular flexibility index (Phi) is 7.21. The van der Waals surface area contributed by atoms with Crippen LogP contribution in [0, 0.1) is 13.8 Å². The number of hydrogen-bond donors (Lipinski definition) is 3. The van der Waals surface area contributed by atoms with Gasteiger partial charge >= 0.3 is 0 Å². The van der Waals surface area contributed by atoms with E-state index in [1.807, 2.05) is 32.2 Å². The molecule has 0 bridgehead atoms. The lowest BCUT2D eigenvalue weighted by molar-refractivity contribution is -0.116. The summed E-state index contributed by atoms with van der Waals surface area (Å²) < 4.78 is 0. The van der Waals surface area contributed by atoms with Crippen molar-refractivity contribution in [1.29, 1.82) is 0 Å². The molecule has 0 spiro atoms. The zero-order valence-corrected chi connectivity index (χ0v) is 16.1. The normalized spacial score (nSPS) is 11.3. The van der Waals surface area contributed by atoms with Crippen molar-refractivity contribution in [3.05, 3.63) is 44.9 Å². The predicted molar refractivity (Wildman–Crippen MR) is 104 cm³/mol. The highest BCUT2D eigenvalue weighted by Gasteiger charge is 2.07. The van der Waals surface area contributed by atoms with Gasteiger partial charge in [0.15, 0.2) is 5.96 Å². The van der Waals surface area contributed by atoms with E-state index in [0.29, 0.717) is 36.2 Å². The Morgan fingerprint density at radius 3 is 2.76 bits per heavy atom. The van der Waals surface area contributed by atoms with Crippen molar-refractivity contribution in [2.24, 2.45) is 4.99 Å². The Bertz CT molecular complexity index is 759. The van der Waals surface area contributed by atoms with Gasteiger partial charge in [0.25, 0.3) is 0 Å². The first-order chi connectivity index (χ1) is 12.0. The SMILES string of the molecule is CN=C(NCCC(=O)Nc1ccc(C)cc1Cl)NCc1ncc(C)s1. The third-order valence-electron chi connectivity index (χ3n) is 3.34. The van der Waals surface area contributed by atoms with E-state index < -0.39 is 0 Å². The Hall–Kier alpha value is -2.12.